The molecule has 10 heteroatoms. The molecular weight excluding hydrogens is 555 g/mol. The minimum absolute atomic E-state index is 0.00283. The van der Waals surface area contributed by atoms with E-state index in [0.717, 1.165) is 45.1 Å². The second-order valence-corrected chi connectivity index (χ2v) is 12.1. The number of pyridine rings is 1. The molecule has 2 aromatic heterocycles. The Morgan fingerprint density at radius 3 is 2.79 bits per heavy atom. The van der Waals surface area contributed by atoms with E-state index in [4.69, 9.17) is 16.1 Å². The van der Waals surface area contributed by atoms with Crippen LogP contribution >= 0.6 is 0 Å². The number of ether oxygens (including phenoxy) is 1. The van der Waals surface area contributed by atoms with Gasteiger partial charge in [-0.25, -0.2) is 13.2 Å². The van der Waals surface area contributed by atoms with Crippen molar-refractivity contribution < 1.29 is 23.0 Å². The molecule has 0 radical (unpaired) electrons. The number of aromatic hydroxyl groups is 1. The van der Waals surface area contributed by atoms with Gasteiger partial charge in [0.1, 0.15) is 41.4 Å². The summed E-state index contributed by atoms with van der Waals surface area (Å²) in [5.74, 6) is 1.31. The quantitative estimate of drug-likeness (QED) is 0.272. The highest BCUT2D eigenvalue weighted by molar-refractivity contribution is 6.03. The van der Waals surface area contributed by atoms with Crippen LogP contribution in [0.5, 0.6) is 11.8 Å². The Balaban J connectivity index is 1.38. The minimum Gasteiger partial charge on any atom is -0.508 e. The van der Waals surface area contributed by atoms with Crippen molar-refractivity contribution in [2.75, 3.05) is 31.6 Å². The number of rotatable bonds is 6. The summed E-state index contributed by atoms with van der Waals surface area (Å²) in [6.45, 7) is 1.41. The van der Waals surface area contributed by atoms with Crippen LogP contribution in [0.2, 0.25) is 0 Å². The molecule has 0 bridgehead atoms. The molecule has 2 saturated heterocycles. The molecule has 2 aromatic carbocycles. The Labute approximate surface area is 247 Å². The fourth-order valence-electron chi connectivity index (χ4n) is 7.41. The summed E-state index contributed by atoms with van der Waals surface area (Å²) < 4.78 is 52.0. The number of fused-ring (bicyclic) bond motifs is 3. The summed E-state index contributed by atoms with van der Waals surface area (Å²) in [5.41, 5.74) is -0.473. The summed E-state index contributed by atoms with van der Waals surface area (Å²) in [4.78, 5) is 17.9. The van der Waals surface area contributed by atoms with Crippen molar-refractivity contribution in [3.8, 4) is 35.4 Å². The minimum atomic E-state index is -0.911. The van der Waals surface area contributed by atoms with Gasteiger partial charge in [0, 0.05) is 43.2 Å². The first-order valence-corrected chi connectivity index (χ1v) is 14.8. The third-order valence-corrected chi connectivity index (χ3v) is 9.53. The molecule has 43 heavy (non-hydrogen) atoms. The van der Waals surface area contributed by atoms with Crippen LogP contribution in [-0.2, 0) is 0 Å². The number of anilines is 1. The smallest absolute Gasteiger partial charge is 0.319 e. The fourth-order valence-corrected chi connectivity index (χ4v) is 7.41. The maximum absolute atomic E-state index is 16.6. The van der Waals surface area contributed by atoms with Crippen LogP contribution in [0.15, 0.2) is 30.5 Å². The molecule has 0 amide bonds. The van der Waals surface area contributed by atoms with Gasteiger partial charge in [0.25, 0.3) is 0 Å². The molecule has 4 aromatic rings. The van der Waals surface area contributed by atoms with Crippen molar-refractivity contribution in [1.29, 1.82) is 0 Å². The molecule has 4 heterocycles. The Kier molecular flexibility index (Phi) is 6.81. The van der Waals surface area contributed by atoms with Crippen LogP contribution in [0.4, 0.5) is 19.0 Å². The van der Waals surface area contributed by atoms with Crippen LogP contribution in [0.3, 0.4) is 0 Å². The number of phenolic OH excluding ortho intramolecular Hbond substituents is 1. The maximum atomic E-state index is 16.6. The largest absolute Gasteiger partial charge is 0.508 e. The third kappa shape index (κ3) is 4.61. The van der Waals surface area contributed by atoms with E-state index in [1.54, 1.807) is 0 Å². The van der Waals surface area contributed by atoms with E-state index < -0.39 is 23.3 Å². The summed E-state index contributed by atoms with van der Waals surface area (Å²) in [6.07, 6.45) is 12.6. The van der Waals surface area contributed by atoms with Gasteiger partial charge in [-0.3, -0.25) is 9.88 Å². The maximum Gasteiger partial charge on any atom is 0.319 e. The highest BCUT2D eigenvalue weighted by atomic mass is 19.1. The lowest BCUT2D eigenvalue weighted by Crippen LogP contribution is -2.43. The number of halogens is 3. The van der Waals surface area contributed by atoms with E-state index in [0.29, 0.717) is 29.6 Å². The van der Waals surface area contributed by atoms with Crippen LogP contribution in [0.25, 0.3) is 32.9 Å². The van der Waals surface area contributed by atoms with Crippen LogP contribution in [0, 0.1) is 24.0 Å². The predicted molar refractivity (Wildman–Crippen MR) is 159 cm³/mol. The van der Waals surface area contributed by atoms with Gasteiger partial charge < -0.3 is 14.7 Å². The fraction of sp³-hybridized carbons (Fsp3) is 0.424. The Morgan fingerprint density at radius 2 is 2.00 bits per heavy atom. The zero-order valence-electron chi connectivity index (χ0n) is 23.9. The van der Waals surface area contributed by atoms with Crippen LogP contribution < -0.4 is 9.64 Å². The first-order chi connectivity index (χ1) is 20.8. The predicted octanol–water partition coefficient (Wildman–Crippen LogP) is 6.14. The van der Waals surface area contributed by atoms with Gasteiger partial charge >= 0.3 is 6.01 Å². The standard InChI is InChI=1S/C33H32F3N5O2/c1-3-23-26(35)10-9-19-13-22(42)14-24(27(19)23)29-28(36)30-25(16-37-29)31(40(2)21-7-4-5-8-21)39-32(38-30)43-18-33-11-6-12-41(33)17-20(34)15-33/h1,9-10,13-14,16,20-21,42H,4-8,11-12,15,17-18H2,2H3/t20-,33+/m1/s1. The van der Waals surface area contributed by atoms with Gasteiger partial charge in [-0.2, -0.15) is 9.97 Å². The van der Waals surface area contributed by atoms with Gasteiger partial charge in [0.2, 0.25) is 0 Å². The monoisotopic (exact) mass is 587 g/mol. The lowest BCUT2D eigenvalue weighted by molar-refractivity contribution is 0.107. The molecule has 0 spiro atoms. The summed E-state index contributed by atoms with van der Waals surface area (Å²) in [5, 5.41) is 11.6. The van der Waals surface area contributed by atoms with Crippen LogP contribution in [-0.4, -0.2) is 69.5 Å². The van der Waals surface area contributed by atoms with Gasteiger partial charge in [-0.15, -0.1) is 6.42 Å². The molecule has 0 unspecified atom stereocenters. The van der Waals surface area contributed by atoms with E-state index in [9.17, 15) is 13.9 Å². The molecule has 1 aliphatic carbocycles. The average molecular weight is 588 g/mol. The molecule has 222 valence electrons. The molecular formula is C33H32F3N5O2. The number of terminal acetylenes is 1. The molecule has 7 rings (SSSR count). The molecule has 1 N–H and O–H groups in total. The molecule has 1 saturated carbocycles. The topological polar surface area (TPSA) is 74.6 Å². The van der Waals surface area contributed by atoms with Crippen molar-refractivity contribution in [1.82, 2.24) is 19.9 Å². The number of aromatic nitrogens is 3. The van der Waals surface area contributed by atoms with Crippen molar-refractivity contribution in [3.05, 3.63) is 47.7 Å². The highest BCUT2D eigenvalue weighted by Gasteiger charge is 2.49. The Hall–Kier alpha value is -4.10. The van der Waals surface area contributed by atoms with E-state index in [1.165, 1.54) is 30.5 Å². The van der Waals surface area contributed by atoms with Gasteiger partial charge in [-0.1, -0.05) is 24.8 Å². The number of nitrogens with zero attached hydrogens (tertiary/aromatic N) is 5. The Bertz CT molecular complexity index is 1790. The zero-order chi connectivity index (χ0) is 29.9. The zero-order valence-corrected chi connectivity index (χ0v) is 23.9. The van der Waals surface area contributed by atoms with Crippen molar-refractivity contribution in [2.45, 2.75) is 62.7 Å². The lowest BCUT2D eigenvalue weighted by atomic mass is 9.95. The SMILES string of the molecule is C#Cc1c(F)ccc2cc(O)cc(-c3ncc4c(N(C)C5CCCC5)nc(OC[C@@]56CCCN5C[C@H](F)C6)nc4c3F)c12. The van der Waals surface area contributed by atoms with Gasteiger partial charge in [0.15, 0.2) is 5.82 Å². The number of benzene rings is 2. The van der Waals surface area contributed by atoms with Crippen LogP contribution in [0.1, 0.15) is 50.5 Å². The van der Waals surface area contributed by atoms with Crippen molar-refractivity contribution in [3.63, 3.8) is 0 Å². The second-order valence-electron chi connectivity index (χ2n) is 12.1. The van der Waals surface area contributed by atoms with Gasteiger partial charge in [-0.05, 0) is 55.8 Å². The summed E-state index contributed by atoms with van der Waals surface area (Å²) >= 11 is 0. The molecule has 3 aliphatic rings. The van der Waals surface area contributed by atoms with Crippen molar-refractivity contribution in [2.24, 2.45) is 0 Å². The van der Waals surface area contributed by atoms with E-state index in [-0.39, 0.29) is 52.1 Å². The molecule has 3 fully saturated rings. The number of alkyl halides is 1. The van der Waals surface area contributed by atoms with E-state index in [2.05, 4.69) is 20.8 Å². The summed E-state index contributed by atoms with van der Waals surface area (Å²) in [7, 11) is 1.93. The number of hydrogen-bond donors (Lipinski definition) is 1. The van der Waals surface area contributed by atoms with E-state index in [1.807, 2.05) is 11.9 Å². The first-order valence-electron chi connectivity index (χ1n) is 14.8. The molecule has 7 nitrogen and oxygen atoms in total. The molecule has 2 aliphatic heterocycles. The highest BCUT2D eigenvalue weighted by Crippen LogP contribution is 2.42. The average Bonchev–Trinajstić information content (AvgIpc) is 3.72. The number of hydrogen-bond acceptors (Lipinski definition) is 7. The number of phenols is 1. The Morgan fingerprint density at radius 1 is 1.19 bits per heavy atom. The van der Waals surface area contributed by atoms with Gasteiger partial charge in [0.05, 0.1) is 16.5 Å². The molecule has 2 atom stereocenters. The summed E-state index contributed by atoms with van der Waals surface area (Å²) in [6, 6.07) is 5.68. The van der Waals surface area contributed by atoms with Crippen molar-refractivity contribution >= 4 is 27.5 Å². The second kappa shape index (κ2) is 10.6. The first kappa shape index (κ1) is 27.7. The third-order valence-electron chi connectivity index (χ3n) is 9.53. The normalized spacial score (nSPS) is 22.3. The van der Waals surface area contributed by atoms with E-state index >= 15 is 4.39 Å². The lowest BCUT2D eigenvalue weighted by Gasteiger charge is -2.31.